The zero-order chi connectivity index (χ0) is 10.7. The second-order valence-corrected chi connectivity index (χ2v) is 6.49. The Labute approximate surface area is 97.7 Å². The number of nitrogens with one attached hydrogen (secondary N) is 1. The number of rotatable bonds is 3. The van der Waals surface area contributed by atoms with Crippen molar-refractivity contribution in [1.29, 1.82) is 0 Å². The maximum Gasteiger partial charge on any atom is 0.0275 e. The summed E-state index contributed by atoms with van der Waals surface area (Å²) in [4.78, 5) is 0. The Hall–Kier alpha value is 0.270. The average Bonchev–Trinajstić information content (AvgIpc) is 2.75. The Bertz CT molecular complexity index is 184. The minimum absolute atomic E-state index is 0.590. The monoisotopic (exact) mass is 228 g/mol. The summed E-state index contributed by atoms with van der Waals surface area (Å²) in [6, 6.07) is 0.590. The van der Waals surface area contributed by atoms with E-state index in [9.17, 15) is 0 Å². The zero-order valence-corrected chi connectivity index (χ0v) is 10.6. The first kappa shape index (κ1) is 11.7. The normalized spacial score (nSPS) is 39.2. The molecule has 3 N–H and O–H groups in total. The molecule has 0 aromatic rings. The van der Waals surface area contributed by atoms with Crippen LogP contribution in [0, 0.1) is 17.8 Å². The van der Waals surface area contributed by atoms with E-state index >= 15 is 0 Å². The maximum absolute atomic E-state index is 5.76. The fourth-order valence-electron chi connectivity index (χ4n) is 3.14. The van der Waals surface area contributed by atoms with E-state index in [1.165, 1.54) is 43.6 Å². The van der Waals surface area contributed by atoms with Crippen LogP contribution in [0.1, 0.15) is 39.0 Å². The van der Waals surface area contributed by atoms with E-state index in [1.807, 2.05) is 0 Å². The fourth-order valence-corrected chi connectivity index (χ4v) is 4.45. The first-order valence-corrected chi connectivity index (χ1v) is 7.50. The molecule has 1 heterocycles. The molecule has 1 saturated heterocycles. The van der Waals surface area contributed by atoms with E-state index in [1.54, 1.807) is 0 Å². The third-order valence-corrected chi connectivity index (χ3v) is 5.42. The standard InChI is InChI=1S/C12H24N2S/c1-9-2-4-10(5-3-9)12(14-13)11-6-7-15-8-11/h9-12,14H,2-8,13H2,1H3. The molecule has 3 heteroatoms. The highest BCUT2D eigenvalue weighted by molar-refractivity contribution is 7.99. The van der Waals surface area contributed by atoms with E-state index in [0.717, 1.165) is 17.8 Å². The van der Waals surface area contributed by atoms with E-state index in [0.29, 0.717) is 6.04 Å². The van der Waals surface area contributed by atoms with Gasteiger partial charge in [0.05, 0.1) is 0 Å². The zero-order valence-electron chi connectivity index (χ0n) is 9.74. The van der Waals surface area contributed by atoms with Crippen molar-refractivity contribution in [3.05, 3.63) is 0 Å². The lowest BCUT2D eigenvalue weighted by Gasteiger charge is -2.35. The Kier molecular flexibility index (Phi) is 4.35. The van der Waals surface area contributed by atoms with Crippen molar-refractivity contribution in [3.63, 3.8) is 0 Å². The van der Waals surface area contributed by atoms with Gasteiger partial charge in [-0.2, -0.15) is 11.8 Å². The number of hydrogen-bond acceptors (Lipinski definition) is 3. The van der Waals surface area contributed by atoms with Crippen molar-refractivity contribution in [2.75, 3.05) is 11.5 Å². The third kappa shape index (κ3) is 2.89. The van der Waals surface area contributed by atoms with Crippen molar-refractivity contribution in [2.45, 2.75) is 45.1 Å². The molecule has 0 radical (unpaired) electrons. The maximum atomic E-state index is 5.76. The molecule has 0 aromatic heterocycles. The Balaban J connectivity index is 1.88. The molecule has 2 unspecified atom stereocenters. The Morgan fingerprint density at radius 1 is 1.13 bits per heavy atom. The van der Waals surface area contributed by atoms with Gasteiger partial charge in [-0.25, -0.2) is 0 Å². The topological polar surface area (TPSA) is 38.0 Å². The van der Waals surface area contributed by atoms with Gasteiger partial charge in [0.1, 0.15) is 0 Å². The summed E-state index contributed by atoms with van der Waals surface area (Å²) in [6.45, 7) is 2.38. The molecule has 1 aliphatic carbocycles. The number of hydrogen-bond donors (Lipinski definition) is 2. The van der Waals surface area contributed by atoms with Crippen LogP contribution in [0.5, 0.6) is 0 Å². The van der Waals surface area contributed by atoms with E-state index in [-0.39, 0.29) is 0 Å². The van der Waals surface area contributed by atoms with Gasteiger partial charge in [0.2, 0.25) is 0 Å². The van der Waals surface area contributed by atoms with Crippen LogP contribution in [0.25, 0.3) is 0 Å². The molecule has 88 valence electrons. The van der Waals surface area contributed by atoms with Gasteiger partial charge < -0.3 is 0 Å². The van der Waals surface area contributed by atoms with Gasteiger partial charge in [-0.05, 0) is 48.5 Å². The van der Waals surface area contributed by atoms with Crippen LogP contribution >= 0.6 is 11.8 Å². The van der Waals surface area contributed by atoms with Gasteiger partial charge >= 0.3 is 0 Å². The molecule has 0 amide bonds. The first-order valence-electron chi connectivity index (χ1n) is 6.35. The molecule has 2 atom stereocenters. The first-order chi connectivity index (χ1) is 7.31. The number of nitrogens with two attached hydrogens (primary N) is 1. The predicted molar refractivity (Wildman–Crippen MR) is 67.7 cm³/mol. The molecule has 0 spiro atoms. The van der Waals surface area contributed by atoms with Gasteiger partial charge in [-0.3, -0.25) is 11.3 Å². The minimum atomic E-state index is 0.590. The van der Waals surface area contributed by atoms with E-state index < -0.39 is 0 Å². The van der Waals surface area contributed by atoms with Crippen LogP contribution in [0.4, 0.5) is 0 Å². The second kappa shape index (κ2) is 5.55. The molecule has 2 nitrogen and oxygen atoms in total. The summed E-state index contributed by atoms with van der Waals surface area (Å²) in [5.74, 6) is 11.0. The van der Waals surface area contributed by atoms with Gasteiger partial charge in [-0.15, -0.1) is 0 Å². The lowest BCUT2D eigenvalue weighted by Crippen LogP contribution is -2.47. The molecular weight excluding hydrogens is 204 g/mol. The van der Waals surface area contributed by atoms with Crippen LogP contribution in [0.3, 0.4) is 0 Å². The predicted octanol–water partition coefficient (Wildman–Crippen LogP) is 2.40. The van der Waals surface area contributed by atoms with Crippen LogP contribution < -0.4 is 11.3 Å². The van der Waals surface area contributed by atoms with E-state index in [4.69, 9.17) is 5.84 Å². The van der Waals surface area contributed by atoms with Gasteiger partial charge in [0, 0.05) is 6.04 Å². The number of thioether (sulfide) groups is 1. The summed E-state index contributed by atoms with van der Waals surface area (Å²) in [7, 11) is 0. The molecule has 2 rings (SSSR count). The SMILES string of the molecule is CC1CCC(C(NN)C2CCSC2)CC1. The van der Waals surface area contributed by atoms with Gasteiger partial charge in [-0.1, -0.05) is 19.8 Å². The number of hydrazine groups is 1. The molecule has 1 aliphatic heterocycles. The summed E-state index contributed by atoms with van der Waals surface area (Å²) < 4.78 is 0. The summed E-state index contributed by atoms with van der Waals surface area (Å²) in [6.07, 6.45) is 6.95. The van der Waals surface area contributed by atoms with Crippen molar-refractivity contribution >= 4 is 11.8 Å². The second-order valence-electron chi connectivity index (χ2n) is 5.34. The van der Waals surface area contributed by atoms with Crippen LogP contribution in [0.15, 0.2) is 0 Å². The highest BCUT2D eigenvalue weighted by Crippen LogP contribution is 2.36. The molecule has 2 fully saturated rings. The van der Waals surface area contributed by atoms with Crippen molar-refractivity contribution in [1.82, 2.24) is 5.43 Å². The molecule has 15 heavy (non-hydrogen) atoms. The average molecular weight is 228 g/mol. The third-order valence-electron chi connectivity index (χ3n) is 4.23. The van der Waals surface area contributed by atoms with Crippen molar-refractivity contribution < 1.29 is 0 Å². The largest absolute Gasteiger partial charge is 0.271 e. The highest BCUT2D eigenvalue weighted by Gasteiger charge is 2.32. The molecule has 0 aromatic carbocycles. The van der Waals surface area contributed by atoms with Crippen molar-refractivity contribution in [2.24, 2.45) is 23.6 Å². The fraction of sp³-hybridized carbons (Fsp3) is 1.00. The lowest BCUT2D eigenvalue weighted by molar-refractivity contribution is 0.192. The van der Waals surface area contributed by atoms with Gasteiger partial charge in [0.15, 0.2) is 0 Å². The van der Waals surface area contributed by atoms with Crippen LogP contribution in [0.2, 0.25) is 0 Å². The molecular formula is C12H24N2S. The Morgan fingerprint density at radius 3 is 2.40 bits per heavy atom. The van der Waals surface area contributed by atoms with Crippen LogP contribution in [-0.2, 0) is 0 Å². The molecule has 1 saturated carbocycles. The Morgan fingerprint density at radius 2 is 1.87 bits per heavy atom. The van der Waals surface area contributed by atoms with Crippen LogP contribution in [-0.4, -0.2) is 17.5 Å². The molecule has 2 aliphatic rings. The van der Waals surface area contributed by atoms with Gasteiger partial charge in [0.25, 0.3) is 0 Å². The summed E-state index contributed by atoms with van der Waals surface area (Å²) >= 11 is 2.09. The van der Waals surface area contributed by atoms with Crippen molar-refractivity contribution in [3.8, 4) is 0 Å². The molecule has 0 bridgehead atoms. The summed E-state index contributed by atoms with van der Waals surface area (Å²) in [5.41, 5.74) is 3.12. The lowest BCUT2D eigenvalue weighted by atomic mass is 9.75. The highest BCUT2D eigenvalue weighted by atomic mass is 32.2. The minimum Gasteiger partial charge on any atom is -0.271 e. The van der Waals surface area contributed by atoms with E-state index in [2.05, 4.69) is 24.1 Å². The smallest absolute Gasteiger partial charge is 0.0275 e. The quantitative estimate of drug-likeness (QED) is 0.575. The summed E-state index contributed by atoms with van der Waals surface area (Å²) in [5, 5.41) is 0.